The summed E-state index contributed by atoms with van der Waals surface area (Å²) in [5.74, 6) is 1.08. The van der Waals surface area contributed by atoms with Crippen LogP contribution in [0, 0.1) is 0 Å². The molecular formula is C15H21NO2S. The van der Waals surface area contributed by atoms with E-state index in [0.29, 0.717) is 13.0 Å². The maximum atomic E-state index is 12.2. The molecule has 2 atom stereocenters. The van der Waals surface area contributed by atoms with E-state index >= 15 is 0 Å². The smallest absolute Gasteiger partial charge is 0.223 e. The highest BCUT2D eigenvalue weighted by Crippen LogP contribution is 2.19. The lowest BCUT2D eigenvalue weighted by atomic mass is 10.2. The largest absolute Gasteiger partial charge is 0.375 e. The SMILES string of the molecule is CC1CN(C(=O)CCSc2ccccc2)C(C)CO1. The maximum Gasteiger partial charge on any atom is 0.223 e. The predicted molar refractivity (Wildman–Crippen MR) is 78.4 cm³/mol. The first-order valence-corrected chi connectivity index (χ1v) is 7.74. The zero-order valence-electron chi connectivity index (χ0n) is 11.5. The number of amides is 1. The summed E-state index contributed by atoms with van der Waals surface area (Å²) in [6.07, 6.45) is 0.748. The summed E-state index contributed by atoms with van der Waals surface area (Å²) in [5, 5.41) is 0. The summed E-state index contributed by atoms with van der Waals surface area (Å²) in [4.78, 5) is 15.4. The summed E-state index contributed by atoms with van der Waals surface area (Å²) in [6, 6.07) is 10.4. The van der Waals surface area contributed by atoms with E-state index < -0.39 is 0 Å². The quantitative estimate of drug-likeness (QED) is 0.794. The zero-order valence-corrected chi connectivity index (χ0v) is 12.4. The lowest BCUT2D eigenvalue weighted by Crippen LogP contribution is -2.50. The molecule has 2 unspecified atom stereocenters. The Hall–Kier alpha value is -1.00. The van der Waals surface area contributed by atoms with Gasteiger partial charge >= 0.3 is 0 Å². The van der Waals surface area contributed by atoms with E-state index in [0.717, 1.165) is 12.3 Å². The standard InChI is InChI=1S/C15H21NO2S/c1-12-11-18-13(2)10-16(12)15(17)8-9-19-14-6-4-3-5-7-14/h3-7,12-13H,8-11H2,1-2H3. The van der Waals surface area contributed by atoms with Crippen LogP contribution < -0.4 is 0 Å². The zero-order chi connectivity index (χ0) is 13.7. The minimum Gasteiger partial charge on any atom is -0.375 e. The van der Waals surface area contributed by atoms with Crippen LogP contribution in [0.3, 0.4) is 0 Å². The molecule has 0 N–H and O–H groups in total. The summed E-state index contributed by atoms with van der Waals surface area (Å²) >= 11 is 1.74. The highest BCUT2D eigenvalue weighted by molar-refractivity contribution is 7.99. The molecular weight excluding hydrogens is 258 g/mol. The van der Waals surface area contributed by atoms with Gasteiger partial charge in [-0.05, 0) is 26.0 Å². The van der Waals surface area contributed by atoms with Crippen molar-refractivity contribution in [1.29, 1.82) is 0 Å². The molecule has 1 aliphatic rings. The van der Waals surface area contributed by atoms with Crippen LogP contribution in [0.1, 0.15) is 20.3 Å². The van der Waals surface area contributed by atoms with E-state index in [9.17, 15) is 4.79 Å². The molecule has 1 fully saturated rings. The van der Waals surface area contributed by atoms with E-state index in [4.69, 9.17) is 4.74 Å². The van der Waals surface area contributed by atoms with Crippen LogP contribution in [-0.2, 0) is 9.53 Å². The summed E-state index contributed by atoms with van der Waals surface area (Å²) < 4.78 is 5.55. The Bertz CT molecular complexity index is 410. The second-order valence-corrected chi connectivity index (χ2v) is 6.12. The Morgan fingerprint density at radius 3 is 2.84 bits per heavy atom. The van der Waals surface area contributed by atoms with Crippen molar-refractivity contribution in [3.8, 4) is 0 Å². The van der Waals surface area contributed by atoms with Crippen molar-refractivity contribution in [3.63, 3.8) is 0 Å². The minimum absolute atomic E-state index is 0.155. The number of morpholine rings is 1. The number of hydrogen-bond acceptors (Lipinski definition) is 3. The first-order chi connectivity index (χ1) is 9.16. The fraction of sp³-hybridized carbons (Fsp3) is 0.533. The van der Waals surface area contributed by atoms with Gasteiger partial charge in [0.1, 0.15) is 0 Å². The van der Waals surface area contributed by atoms with Gasteiger partial charge in [-0.3, -0.25) is 4.79 Å². The van der Waals surface area contributed by atoms with E-state index in [-0.39, 0.29) is 18.1 Å². The third-order valence-electron chi connectivity index (χ3n) is 3.26. The second kappa shape index (κ2) is 6.96. The average Bonchev–Trinajstić information content (AvgIpc) is 2.42. The fourth-order valence-electron chi connectivity index (χ4n) is 2.17. The van der Waals surface area contributed by atoms with Gasteiger partial charge in [-0.15, -0.1) is 11.8 Å². The molecule has 1 aliphatic heterocycles. The van der Waals surface area contributed by atoms with Crippen LogP contribution in [-0.4, -0.2) is 41.9 Å². The van der Waals surface area contributed by atoms with Gasteiger partial charge in [0, 0.05) is 23.6 Å². The van der Waals surface area contributed by atoms with Crippen LogP contribution in [0.2, 0.25) is 0 Å². The van der Waals surface area contributed by atoms with E-state index in [1.165, 1.54) is 4.90 Å². The summed E-state index contributed by atoms with van der Waals surface area (Å²) in [7, 11) is 0. The Morgan fingerprint density at radius 1 is 1.37 bits per heavy atom. The molecule has 1 heterocycles. The van der Waals surface area contributed by atoms with Gasteiger partial charge in [-0.2, -0.15) is 0 Å². The van der Waals surface area contributed by atoms with Crippen LogP contribution in [0.5, 0.6) is 0 Å². The van der Waals surface area contributed by atoms with Crippen LogP contribution >= 0.6 is 11.8 Å². The van der Waals surface area contributed by atoms with E-state index in [2.05, 4.69) is 12.1 Å². The van der Waals surface area contributed by atoms with Crippen molar-refractivity contribution in [2.45, 2.75) is 37.3 Å². The topological polar surface area (TPSA) is 29.5 Å². The average molecular weight is 279 g/mol. The highest BCUT2D eigenvalue weighted by atomic mass is 32.2. The number of thioether (sulfide) groups is 1. The first kappa shape index (κ1) is 14.4. The molecule has 0 aromatic heterocycles. The number of benzene rings is 1. The van der Waals surface area contributed by atoms with Gasteiger partial charge in [-0.25, -0.2) is 0 Å². The number of ether oxygens (including phenoxy) is 1. The van der Waals surface area contributed by atoms with Gasteiger partial charge in [0.25, 0.3) is 0 Å². The number of carbonyl (C=O) groups excluding carboxylic acids is 1. The molecule has 0 spiro atoms. The van der Waals surface area contributed by atoms with Crippen LogP contribution in [0.4, 0.5) is 0 Å². The first-order valence-electron chi connectivity index (χ1n) is 6.75. The van der Waals surface area contributed by atoms with Crippen molar-refractivity contribution in [2.75, 3.05) is 18.9 Å². The van der Waals surface area contributed by atoms with Crippen LogP contribution in [0.25, 0.3) is 0 Å². The molecule has 19 heavy (non-hydrogen) atoms. The molecule has 104 valence electrons. The number of hydrogen-bond donors (Lipinski definition) is 0. The normalized spacial score (nSPS) is 23.4. The number of nitrogens with zero attached hydrogens (tertiary/aromatic N) is 1. The predicted octanol–water partition coefficient (Wildman–Crippen LogP) is 2.80. The van der Waals surface area contributed by atoms with Crippen molar-refractivity contribution in [3.05, 3.63) is 30.3 Å². The van der Waals surface area contributed by atoms with Crippen molar-refractivity contribution < 1.29 is 9.53 Å². The molecule has 2 rings (SSSR count). The van der Waals surface area contributed by atoms with Gasteiger partial charge in [0.15, 0.2) is 0 Å². The summed E-state index contributed by atoms with van der Waals surface area (Å²) in [6.45, 7) is 5.44. The Balaban J connectivity index is 1.77. The highest BCUT2D eigenvalue weighted by Gasteiger charge is 2.26. The lowest BCUT2D eigenvalue weighted by molar-refractivity contribution is -0.142. The monoisotopic (exact) mass is 279 g/mol. The third kappa shape index (κ3) is 4.25. The number of rotatable bonds is 4. The Kier molecular flexibility index (Phi) is 5.28. The van der Waals surface area contributed by atoms with Gasteiger partial charge < -0.3 is 9.64 Å². The molecule has 1 amide bonds. The van der Waals surface area contributed by atoms with Crippen molar-refractivity contribution in [1.82, 2.24) is 4.90 Å². The van der Waals surface area contributed by atoms with E-state index in [1.54, 1.807) is 11.8 Å². The molecule has 1 aromatic carbocycles. The molecule has 1 saturated heterocycles. The molecule has 1 aromatic rings. The second-order valence-electron chi connectivity index (χ2n) is 4.95. The number of carbonyl (C=O) groups is 1. The Labute approximate surface area is 119 Å². The summed E-state index contributed by atoms with van der Waals surface area (Å²) in [5.41, 5.74) is 0. The molecule has 4 heteroatoms. The minimum atomic E-state index is 0.155. The van der Waals surface area contributed by atoms with Crippen molar-refractivity contribution in [2.24, 2.45) is 0 Å². The van der Waals surface area contributed by atoms with E-state index in [1.807, 2.05) is 36.9 Å². The molecule has 0 aliphatic carbocycles. The fourth-order valence-corrected chi connectivity index (χ4v) is 3.03. The van der Waals surface area contributed by atoms with Gasteiger partial charge in [0.05, 0.1) is 18.8 Å². The molecule has 0 saturated carbocycles. The molecule has 0 bridgehead atoms. The molecule has 3 nitrogen and oxygen atoms in total. The van der Waals surface area contributed by atoms with Gasteiger partial charge in [0.2, 0.25) is 5.91 Å². The van der Waals surface area contributed by atoms with Crippen molar-refractivity contribution >= 4 is 17.7 Å². The maximum absolute atomic E-state index is 12.2. The molecule has 0 radical (unpaired) electrons. The van der Waals surface area contributed by atoms with Crippen LogP contribution in [0.15, 0.2) is 35.2 Å². The third-order valence-corrected chi connectivity index (χ3v) is 4.27. The van der Waals surface area contributed by atoms with Gasteiger partial charge in [-0.1, -0.05) is 18.2 Å². The lowest BCUT2D eigenvalue weighted by Gasteiger charge is -2.36. The Morgan fingerprint density at radius 2 is 2.11 bits per heavy atom.